The highest BCUT2D eigenvalue weighted by molar-refractivity contribution is 4.83. The van der Waals surface area contributed by atoms with Crippen LogP contribution in [0.25, 0.3) is 0 Å². The Kier molecular flexibility index (Phi) is 2.12. The van der Waals surface area contributed by atoms with E-state index in [0.29, 0.717) is 0 Å². The Bertz CT molecular complexity index is 80.6. The lowest BCUT2D eigenvalue weighted by Gasteiger charge is -2.15. The summed E-state index contributed by atoms with van der Waals surface area (Å²) >= 11 is 0. The molecule has 0 unspecified atom stereocenters. The molecule has 0 saturated carbocycles. The predicted molar refractivity (Wildman–Crippen MR) is 40.4 cm³/mol. The molecule has 9 heavy (non-hydrogen) atoms. The van der Waals surface area contributed by atoms with Crippen LogP contribution in [0.1, 0.15) is 27.2 Å². The zero-order valence-electron chi connectivity index (χ0n) is 6.65. The van der Waals surface area contributed by atoms with Crippen molar-refractivity contribution in [3.05, 3.63) is 0 Å². The van der Waals surface area contributed by atoms with Gasteiger partial charge in [0.2, 0.25) is 0 Å². The average Bonchev–Trinajstić information content (AvgIpc) is 2.12. The first-order chi connectivity index (χ1) is 4.25. The SMILES string of the molecule is CC[C@@H]1[C@H](C)CN[C@H]1C. The fraction of sp³-hybridized carbons (Fsp3) is 1.00. The van der Waals surface area contributed by atoms with Crippen LogP contribution >= 0.6 is 0 Å². The van der Waals surface area contributed by atoms with Crippen molar-refractivity contribution in [2.24, 2.45) is 11.8 Å². The zero-order valence-corrected chi connectivity index (χ0v) is 6.65. The molecule has 1 heterocycles. The zero-order chi connectivity index (χ0) is 6.85. The van der Waals surface area contributed by atoms with E-state index >= 15 is 0 Å². The second kappa shape index (κ2) is 2.70. The van der Waals surface area contributed by atoms with Gasteiger partial charge in [-0.15, -0.1) is 0 Å². The fourth-order valence-electron chi connectivity index (χ4n) is 1.92. The van der Waals surface area contributed by atoms with Gasteiger partial charge in [0, 0.05) is 6.04 Å². The maximum Gasteiger partial charge on any atom is 0.00700 e. The third kappa shape index (κ3) is 1.26. The standard InChI is InChI=1S/C8H17N/c1-4-8-6(2)5-9-7(8)3/h6-9H,4-5H2,1-3H3/t6-,7+,8-/m1/s1. The molecule has 1 aliphatic rings. The number of hydrogen-bond acceptors (Lipinski definition) is 1. The molecule has 0 spiro atoms. The lowest BCUT2D eigenvalue weighted by molar-refractivity contribution is 0.386. The topological polar surface area (TPSA) is 12.0 Å². The van der Waals surface area contributed by atoms with E-state index in [1.165, 1.54) is 13.0 Å². The quantitative estimate of drug-likeness (QED) is 0.564. The van der Waals surface area contributed by atoms with Crippen LogP contribution in [-0.4, -0.2) is 12.6 Å². The van der Waals surface area contributed by atoms with Crippen LogP contribution in [0.5, 0.6) is 0 Å². The molecule has 0 aromatic carbocycles. The van der Waals surface area contributed by atoms with E-state index < -0.39 is 0 Å². The molecular formula is C8H17N. The van der Waals surface area contributed by atoms with Crippen LogP contribution in [0.2, 0.25) is 0 Å². The van der Waals surface area contributed by atoms with Crippen molar-refractivity contribution in [3.63, 3.8) is 0 Å². The fourth-order valence-corrected chi connectivity index (χ4v) is 1.92. The smallest absolute Gasteiger partial charge is 0.00700 e. The minimum absolute atomic E-state index is 0.755. The third-order valence-electron chi connectivity index (χ3n) is 2.61. The summed E-state index contributed by atoms with van der Waals surface area (Å²) in [6, 6.07) is 0.755. The van der Waals surface area contributed by atoms with Crippen LogP contribution in [-0.2, 0) is 0 Å². The van der Waals surface area contributed by atoms with Gasteiger partial charge in [0.25, 0.3) is 0 Å². The lowest BCUT2D eigenvalue weighted by atomic mass is 9.91. The maximum atomic E-state index is 3.47. The van der Waals surface area contributed by atoms with Crippen molar-refractivity contribution in [1.82, 2.24) is 5.32 Å². The van der Waals surface area contributed by atoms with Gasteiger partial charge in [0.1, 0.15) is 0 Å². The van der Waals surface area contributed by atoms with Gasteiger partial charge in [-0.3, -0.25) is 0 Å². The van der Waals surface area contributed by atoms with E-state index in [4.69, 9.17) is 0 Å². The van der Waals surface area contributed by atoms with E-state index in [9.17, 15) is 0 Å². The monoisotopic (exact) mass is 127 g/mol. The van der Waals surface area contributed by atoms with Crippen molar-refractivity contribution in [2.75, 3.05) is 6.54 Å². The van der Waals surface area contributed by atoms with Gasteiger partial charge in [0.05, 0.1) is 0 Å². The van der Waals surface area contributed by atoms with Gasteiger partial charge < -0.3 is 5.32 Å². The molecular weight excluding hydrogens is 110 g/mol. The third-order valence-corrected chi connectivity index (χ3v) is 2.61. The predicted octanol–water partition coefficient (Wildman–Crippen LogP) is 1.64. The molecule has 54 valence electrons. The van der Waals surface area contributed by atoms with E-state index in [1.54, 1.807) is 0 Å². The summed E-state index contributed by atoms with van der Waals surface area (Å²) in [5, 5.41) is 3.47. The van der Waals surface area contributed by atoms with Crippen molar-refractivity contribution < 1.29 is 0 Å². The van der Waals surface area contributed by atoms with Gasteiger partial charge >= 0.3 is 0 Å². The second-order valence-corrected chi connectivity index (χ2v) is 3.25. The second-order valence-electron chi connectivity index (χ2n) is 3.25. The van der Waals surface area contributed by atoms with Gasteiger partial charge in [-0.1, -0.05) is 20.3 Å². The lowest BCUT2D eigenvalue weighted by Crippen LogP contribution is -2.22. The van der Waals surface area contributed by atoms with Gasteiger partial charge in [-0.2, -0.15) is 0 Å². The Hall–Kier alpha value is -0.0400. The van der Waals surface area contributed by atoms with Gasteiger partial charge in [-0.25, -0.2) is 0 Å². The van der Waals surface area contributed by atoms with E-state index in [2.05, 4.69) is 26.1 Å². The summed E-state index contributed by atoms with van der Waals surface area (Å²) in [6.07, 6.45) is 1.33. The van der Waals surface area contributed by atoms with E-state index in [-0.39, 0.29) is 0 Å². The van der Waals surface area contributed by atoms with Gasteiger partial charge in [0.15, 0.2) is 0 Å². The van der Waals surface area contributed by atoms with E-state index in [1.807, 2.05) is 0 Å². The van der Waals surface area contributed by atoms with Crippen molar-refractivity contribution in [3.8, 4) is 0 Å². The molecule has 3 atom stereocenters. The average molecular weight is 127 g/mol. The highest BCUT2D eigenvalue weighted by Crippen LogP contribution is 2.24. The summed E-state index contributed by atoms with van der Waals surface area (Å²) in [4.78, 5) is 0. The highest BCUT2D eigenvalue weighted by Gasteiger charge is 2.27. The maximum absolute atomic E-state index is 3.47. The molecule has 0 aromatic rings. The number of nitrogens with one attached hydrogen (secondary N) is 1. The van der Waals surface area contributed by atoms with Crippen molar-refractivity contribution in [1.29, 1.82) is 0 Å². The Labute approximate surface area is 57.8 Å². The summed E-state index contributed by atoms with van der Waals surface area (Å²) < 4.78 is 0. The minimum atomic E-state index is 0.755. The molecule has 1 saturated heterocycles. The van der Waals surface area contributed by atoms with Crippen LogP contribution < -0.4 is 5.32 Å². The summed E-state index contributed by atoms with van der Waals surface area (Å²) in [7, 11) is 0. The molecule has 0 bridgehead atoms. The highest BCUT2D eigenvalue weighted by atomic mass is 15.0. The summed E-state index contributed by atoms with van der Waals surface area (Å²) in [5.74, 6) is 1.81. The Morgan fingerprint density at radius 2 is 2.11 bits per heavy atom. The number of hydrogen-bond donors (Lipinski definition) is 1. The van der Waals surface area contributed by atoms with Gasteiger partial charge in [-0.05, 0) is 25.3 Å². The normalized spacial score (nSPS) is 43.7. The molecule has 1 nitrogen and oxygen atoms in total. The number of rotatable bonds is 1. The molecule has 1 aliphatic heterocycles. The first kappa shape index (κ1) is 7.07. The molecule has 0 aliphatic carbocycles. The molecule has 0 aromatic heterocycles. The van der Waals surface area contributed by atoms with Crippen LogP contribution in [0.3, 0.4) is 0 Å². The Balaban J connectivity index is 2.44. The Morgan fingerprint density at radius 3 is 2.33 bits per heavy atom. The van der Waals surface area contributed by atoms with Crippen molar-refractivity contribution in [2.45, 2.75) is 33.2 Å². The molecule has 1 heteroatoms. The van der Waals surface area contributed by atoms with Crippen LogP contribution in [0.15, 0.2) is 0 Å². The summed E-state index contributed by atoms with van der Waals surface area (Å²) in [6.45, 7) is 8.13. The molecule has 0 amide bonds. The first-order valence-electron chi connectivity index (χ1n) is 3.99. The molecule has 1 rings (SSSR count). The largest absolute Gasteiger partial charge is 0.314 e. The van der Waals surface area contributed by atoms with Crippen LogP contribution in [0, 0.1) is 11.8 Å². The van der Waals surface area contributed by atoms with E-state index in [0.717, 1.165) is 17.9 Å². The minimum Gasteiger partial charge on any atom is -0.314 e. The Morgan fingerprint density at radius 1 is 1.44 bits per heavy atom. The first-order valence-corrected chi connectivity index (χ1v) is 3.99. The van der Waals surface area contributed by atoms with Crippen molar-refractivity contribution >= 4 is 0 Å². The molecule has 1 N–H and O–H groups in total. The molecule has 1 fully saturated rings. The summed E-state index contributed by atoms with van der Waals surface area (Å²) in [5.41, 5.74) is 0. The molecule has 0 radical (unpaired) electrons. The van der Waals surface area contributed by atoms with Crippen LogP contribution in [0.4, 0.5) is 0 Å².